The van der Waals surface area contributed by atoms with Crippen molar-refractivity contribution in [3.8, 4) is 0 Å². The molecule has 1 aliphatic rings. The molecule has 5 nitrogen and oxygen atoms in total. The number of carbonyl (C=O) groups is 2. The average Bonchev–Trinajstić information content (AvgIpc) is 3.08. The van der Waals surface area contributed by atoms with Gasteiger partial charge in [-0.05, 0) is 49.7 Å². The summed E-state index contributed by atoms with van der Waals surface area (Å²) in [6.07, 6.45) is 1.48. The van der Waals surface area contributed by atoms with E-state index in [4.69, 9.17) is 0 Å². The molecule has 0 unspecified atom stereocenters. The summed E-state index contributed by atoms with van der Waals surface area (Å²) >= 11 is 0. The first-order chi connectivity index (χ1) is 12.6. The maximum absolute atomic E-state index is 12.6. The van der Waals surface area contributed by atoms with E-state index in [1.807, 2.05) is 49.4 Å². The van der Waals surface area contributed by atoms with Gasteiger partial charge in [-0.2, -0.15) is 0 Å². The number of hydrogen-bond acceptors (Lipinski definition) is 3. The fraction of sp³-hybridized carbons (Fsp3) is 0.190. The Kier molecular flexibility index (Phi) is 4.13. The smallest absolute Gasteiger partial charge is 0.255 e. The lowest BCUT2D eigenvalue weighted by molar-refractivity contribution is -0.117. The second-order valence-corrected chi connectivity index (χ2v) is 6.48. The van der Waals surface area contributed by atoms with Crippen LogP contribution in [0.25, 0.3) is 10.9 Å². The van der Waals surface area contributed by atoms with Crippen LogP contribution in [0, 0.1) is 6.92 Å². The molecule has 1 fully saturated rings. The lowest BCUT2D eigenvalue weighted by Crippen LogP contribution is -2.23. The number of amides is 2. The molecule has 0 spiro atoms. The third-order valence-electron chi connectivity index (χ3n) is 4.62. The molecule has 26 heavy (non-hydrogen) atoms. The van der Waals surface area contributed by atoms with Gasteiger partial charge in [-0.3, -0.25) is 14.6 Å². The normalized spacial score (nSPS) is 14.0. The minimum absolute atomic E-state index is 0.138. The van der Waals surface area contributed by atoms with Crippen molar-refractivity contribution < 1.29 is 9.59 Å². The van der Waals surface area contributed by atoms with Crippen molar-refractivity contribution in [2.75, 3.05) is 16.8 Å². The van der Waals surface area contributed by atoms with Gasteiger partial charge in [0.2, 0.25) is 5.91 Å². The highest BCUT2D eigenvalue weighted by atomic mass is 16.2. The molecule has 0 saturated carbocycles. The van der Waals surface area contributed by atoms with Gasteiger partial charge in [0.05, 0.1) is 11.2 Å². The van der Waals surface area contributed by atoms with Gasteiger partial charge < -0.3 is 10.2 Å². The minimum Gasteiger partial charge on any atom is -0.320 e. The number of aryl methyl sites for hydroxylation is 1. The molecule has 0 aliphatic carbocycles. The molecule has 0 bridgehead atoms. The highest BCUT2D eigenvalue weighted by Gasteiger charge is 2.21. The molecule has 2 amide bonds. The second kappa shape index (κ2) is 6.59. The summed E-state index contributed by atoms with van der Waals surface area (Å²) in [7, 11) is 0. The van der Waals surface area contributed by atoms with Gasteiger partial charge in [0.25, 0.3) is 5.91 Å². The Hall–Kier alpha value is -3.21. The van der Waals surface area contributed by atoms with Gasteiger partial charge in [0.1, 0.15) is 0 Å². The summed E-state index contributed by atoms with van der Waals surface area (Å²) in [6.45, 7) is 2.67. The molecule has 5 heteroatoms. The fourth-order valence-electron chi connectivity index (χ4n) is 3.25. The zero-order chi connectivity index (χ0) is 18.1. The molecular weight excluding hydrogens is 326 g/mol. The van der Waals surface area contributed by atoms with Gasteiger partial charge in [-0.25, -0.2) is 0 Å². The monoisotopic (exact) mass is 345 g/mol. The van der Waals surface area contributed by atoms with Gasteiger partial charge in [-0.15, -0.1) is 0 Å². The second-order valence-electron chi connectivity index (χ2n) is 6.48. The lowest BCUT2D eigenvalue weighted by Gasteiger charge is -2.16. The molecule has 4 rings (SSSR count). The number of fused-ring (bicyclic) bond motifs is 1. The van der Waals surface area contributed by atoms with Crippen LogP contribution in [-0.4, -0.2) is 23.3 Å². The summed E-state index contributed by atoms with van der Waals surface area (Å²) in [5.74, 6) is -0.0560. The third-order valence-corrected chi connectivity index (χ3v) is 4.62. The molecule has 2 aromatic carbocycles. The van der Waals surface area contributed by atoms with Crippen molar-refractivity contribution in [2.24, 2.45) is 0 Å². The summed E-state index contributed by atoms with van der Waals surface area (Å²) in [6, 6.07) is 16.8. The van der Waals surface area contributed by atoms with Crippen LogP contribution >= 0.6 is 0 Å². The lowest BCUT2D eigenvalue weighted by atomic mass is 10.1. The molecule has 2 heterocycles. The van der Waals surface area contributed by atoms with E-state index < -0.39 is 0 Å². The number of pyridine rings is 1. The van der Waals surface area contributed by atoms with Crippen LogP contribution in [0.5, 0.6) is 0 Å². The SMILES string of the molecule is Cc1ccc2cccc(NC(=O)c3ccc(N4CCCC4=O)cc3)c2n1. The first-order valence-electron chi connectivity index (χ1n) is 8.70. The number of nitrogens with one attached hydrogen (secondary N) is 1. The zero-order valence-electron chi connectivity index (χ0n) is 14.5. The highest BCUT2D eigenvalue weighted by Crippen LogP contribution is 2.24. The highest BCUT2D eigenvalue weighted by molar-refractivity contribution is 6.08. The van der Waals surface area contributed by atoms with Crippen molar-refractivity contribution in [3.05, 3.63) is 65.9 Å². The van der Waals surface area contributed by atoms with E-state index in [1.165, 1.54) is 0 Å². The Labute approximate surface area is 151 Å². The Morgan fingerprint density at radius 3 is 2.62 bits per heavy atom. The van der Waals surface area contributed by atoms with Gasteiger partial charge >= 0.3 is 0 Å². The van der Waals surface area contributed by atoms with Gasteiger partial charge in [-0.1, -0.05) is 18.2 Å². The molecule has 3 aromatic rings. The Balaban J connectivity index is 1.57. The standard InChI is InChI=1S/C21H19N3O2/c1-14-7-8-15-4-2-5-18(20(15)22-14)23-21(26)16-9-11-17(12-10-16)24-13-3-6-19(24)25/h2,4-5,7-12H,3,6,13H2,1H3,(H,23,26). The third kappa shape index (κ3) is 3.04. The van der Waals surface area contributed by atoms with E-state index in [0.29, 0.717) is 17.7 Å². The van der Waals surface area contributed by atoms with E-state index in [9.17, 15) is 9.59 Å². The number of para-hydroxylation sites is 1. The zero-order valence-corrected chi connectivity index (χ0v) is 14.5. The van der Waals surface area contributed by atoms with Crippen LogP contribution in [0.4, 0.5) is 11.4 Å². The van der Waals surface area contributed by atoms with Crippen LogP contribution < -0.4 is 10.2 Å². The van der Waals surface area contributed by atoms with Crippen molar-refractivity contribution in [1.82, 2.24) is 4.98 Å². The predicted octanol–water partition coefficient (Wildman–Crippen LogP) is 3.92. The van der Waals surface area contributed by atoms with Crippen molar-refractivity contribution in [2.45, 2.75) is 19.8 Å². The number of carbonyl (C=O) groups excluding carboxylic acids is 2. The Morgan fingerprint density at radius 1 is 1.08 bits per heavy atom. The van der Waals surface area contributed by atoms with Crippen molar-refractivity contribution in [1.29, 1.82) is 0 Å². The Bertz CT molecular complexity index is 996. The number of nitrogens with zero attached hydrogens (tertiary/aromatic N) is 2. The minimum atomic E-state index is -0.194. The maximum Gasteiger partial charge on any atom is 0.255 e. The quantitative estimate of drug-likeness (QED) is 0.782. The molecule has 1 aromatic heterocycles. The topological polar surface area (TPSA) is 62.3 Å². The van der Waals surface area contributed by atoms with Crippen LogP contribution in [0.2, 0.25) is 0 Å². The molecule has 1 saturated heterocycles. The first kappa shape index (κ1) is 16.3. The number of hydrogen-bond donors (Lipinski definition) is 1. The van der Waals surface area contributed by atoms with Gasteiger partial charge in [0, 0.05) is 35.3 Å². The van der Waals surface area contributed by atoms with Crippen LogP contribution in [-0.2, 0) is 4.79 Å². The molecule has 1 N–H and O–H groups in total. The first-order valence-corrected chi connectivity index (χ1v) is 8.70. The van der Waals surface area contributed by atoms with Crippen LogP contribution in [0.1, 0.15) is 28.9 Å². The fourth-order valence-corrected chi connectivity index (χ4v) is 3.25. The van der Waals surface area contributed by atoms with Crippen molar-refractivity contribution >= 4 is 34.1 Å². The molecular formula is C21H19N3O2. The number of rotatable bonds is 3. The molecule has 130 valence electrons. The number of anilines is 2. The van der Waals surface area contributed by atoms with E-state index in [0.717, 1.165) is 35.2 Å². The van der Waals surface area contributed by atoms with Crippen LogP contribution in [0.3, 0.4) is 0 Å². The number of benzene rings is 2. The predicted molar refractivity (Wildman–Crippen MR) is 102 cm³/mol. The van der Waals surface area contributed by atoms with Crippen LogP contribution in [0.15, 0.2) is 54.6 Å². The largest absolute Gasteiger partial charge is 0.320 e. The molecule has 0 atom stereocenters. The number of aromatic nitrogens is 1. The Morgan fingerprint density at radius 2 is 1.88 bits per heavy atom. The van der Waals surface area contributed by atoms with Crippen molar-refractivity contribution in [3.63, 3.8) is 0 Å². The van der Waals surface area contributed by atoms with E-state index in [2.05, 4.69) is 10.3 Å². The van der Waals surface area contributed by atoms with Gasteiger partial charge in [0.15, 0.2) is 0 Å². The summed E-state index contributed by atoms with van der Waals surface area (Å²) in [5.41, 5.74) is 3.76. The summed E-state index contributed by atoms with van der Waals surface area (Å²) < 4.78 is 0. The van der Waals surface area contributed by atoms with E-state index >= 15 is 0 Å². The molecule has 1 aliphatic heterocycles. The summed E-state index contributed by atoms with van der Waals surface area (Å²) in [5, 5.41) is 3.93. The maximum atomic E-state index is 12.6. The van der Waals surface area contributed by atoms with E-state index in [1.54, 1.807) is 17.0 Å². The average molecular weight is 345 g/mol. The van der Waals surface area contributed by atoms with E-state index in [-0.39, 0.29) is 11.8 Å². The summed E-state index contributed by atoms with van der Waals surface area (Å²) in [4.78, 5) is 30.7. The molecule has 0 radical (unpaired) electrons.